The number of ether oxygens (including phenoxy) is 1. The Balaban J connectivity index is 1.01. The number of anilines is 1. The third-order valence-electron chi connectivity index (χ3n) is 8.18. The van der Waals surface area contributed by atoms with Gasteiger partial charge in [-0.3, -0.25) is 19.3 Å². The normalized spacial score (nSPS) is 29.7. The highest BCUT2D eigenvalue weighted by Crippen LogP contribution is 2.65. The molecule has 1 aromatic carbocycles. The average Bonchev–Trinajstić information content (AvgIpc) is 3.64. The van der Waals surface area contributed by atoms with Gasteiger partial charge in [0.15, 0.2) is 0 Å². The van der Waals surface area contributed by atoms with Crippen LogP contribution in [0.25, 0.3) is 0 Å². The number of imide groups is 1. The Labute approximate surface area is 206 Å². The Morgan fingerprint density at radius 2 is 1.60 bits per heavy atom. The van der Waals surface area contributed by atoms with Crippen molar-refractivity contribution in [2.75, 3.05) is 18.5 Å². The van der Waals surface area contributed by atoms with E-state index >= 15 is 0 Å². The molecule has 3 amide bonds. The van der Waals surface area contributed by atoms with E-state index < -0.39 is 0 Å². The average molecular weight is 479 g/mol. The van der Waals surface area contributed by atoms with E-state index in [1.54, 1.807) is 24.3 Å². The van der Waals surface area contributed by atoms with Gasteiger partial charge in [0.1, 0.15) is 0 Å². The number of carbonyl (C=O) groups excluding carboxylic acids is 4. The Morgan fingerprint density at radius 3 is 2.23 bits per heavy atom. The molecule has 0 spiro atoms. The predicted octanol–water partition coefficient (Wildman–Crippen LogP) is 4.20. The van der Waals surface area contributed by atoms with Gasteiger partial charge in [0.2, 0.25) is 17.7 Å². The zero-order valence-corrected chi connectivity index (χ0v) is 20.3. The van der Waals surface area contributed by atoms with E-state index in [-0.39, 0.29) is 47.4 Å². The molecule has 6 unspecified atom stereocenters. The minimum absolute atomic E-state index is 0.0279. The van der Waals surface area contributed by atoms with Crippen molar-refractivity contribution in [3.8, 4) is 0 Å². The van der Waals surface area contributed by atoms with Crippen LogP contribution in [0.5, 0.6) is 0 Å². The number of carbonyl (C=O) groups is 4. The number of hydrogen-bond acceptors (Lipinski definition) is 5. The van der Waals surface area contributed by atoms with Crippen LogP contribution in [0, 0.1) is 35.5 Å². The van der Waals surface area contributed by atoms with E-state index in [9.17, 15) is 19.2 Å². The molecule has 0 radical (unpaired) electrons. The SMILES string of the molecule is CCCCOC(=O)c1ccc(NC(=O)CCCCCN2C(=O)C3C4C=CC(C5CC45)C3C2=O)cc1. The fourth-order valence-corrected chi connectivity index (χ4v) is 6.28. The van der Waals surface area contributed by atoms with Crippen molar-refractivity contribution in [1.82, 2.24) is 4.90 Å². The molecule has 3 fully saturated rings. The lowest BCUT2D eigenvalue weighted by atomic mass is 9.63. The third-order valence-corrected chi connectivity index (χ3v) is 8.18. The van der Waals surface area contributed by atoms with E-state index in [2.05, 4.69) is 17.5 Å². The number of nitrogens with one attached hydrogen (secondary N) is 1. The van der Waals surface area contributed by atoms with Crippen LogP contribution >= 0.6 is 0 Å². The summed E-state index contributed by atoms with van der Waals surface area (Å²) in [7, 11) is 0. The van der Waals surface area contributed by atoms with Crippen LogP contribution in [0.15, 0.2) is 36.4 Å². The van der Waals surface area contributed by atoms with Gasteiger partial charge in [-0.1, -0.05) is 31.9 Å². The van der Waals surface area contributed by atoms with Crippen LogP contribution in [0.3, 0.4) is 0 Å². The van der Waals surface area contributed by atoms with E-state index in [0.29, 0.717) is 55.5 Å². The number of rotatable bonds is 11. The van der Waals surface area contributed by atoms with E-state index in [1.165, 1.54) is 11.3 Å². The summed E-state index contributed by atoms with van der Waals surface area (Å²) >= 11 is 0. The van der Waals surface area contributed by atoms with Crippen molar-refractivity contribution in [3.63, 3.8) is 0 Å². The molecule has 7 heteroatoms. The van der Waals surface area contributed by atoms with Gasteiger partial charge in [0, 0.05) is 18.7 Å². The van der Waals surface area contributed by atoms with Crippen molar-refractivity contribution in [3.05, 3.63) is 42.0 Å². The van der Waals surface area contributed by atoms with Crippen LogP contribution < -0.4 is 5.32 Å². The number of nitrogens with zero attached hydrogens (tertiary/aromatic N) is 1. The molecule has 1 aliphatic heterocycles. The topological polar surface area (TPSA) is 92.8 Å². The molecule has 1 heterocycles. The van der Waals surface area contributed by atoms with Gasteiger partial charge >= 0.3 is 5.97 Å². The van der Waals surface area contributed by atoms with Gasteiger partial charge in [0.25, 0.3) is 0 Å². The molecule has 1 N–H and O–H groups in total. The van der Waals surface area contributed by atoms with Crippen LogP contribution in [-0.2, 0) is 19.1 Å². The molecule has 186 valence electrons. The van der Waals surface area contributed by atoms with Crippen LogP contribution in [0.4, 0.5) is 5.69 Å². The van der Waals surface area contributed by atoms with Crippen LogP contribution in [0.2, 0.25) is 0 Å². The summed E-state index contributed by atoms with van der Waals surface area (Å²) in [6.07, 6.45) is 9.91. The van der Waals surface area contributed by atoms with Gasteiger partial charge in [0.05, 0.1) is 24.0 Å². The Kier molecular flexibility index (Phi) is 6.76. The first-order chi connectivity index (χ1) is 17.0. The Morgan fingerprint density at radius 1 is 0.943 bits per heavy atom. The number of likely N-dealkylation sites (tertiary alicyclic amines) is 1. The highest BCUT2D eigenvalue weighted by Gasteiger charge is 2.66. The number of hydrogen-bond donors (Lipinski definition) is 1. The molecular formula is C28H34N2O5. The largest absolute Gasteiger partial charge is 0.462 e. The summed E-state index contributed by atoms with van der Waals surface area (Å²) in [5.41, 5.74) is 1.10. The highest BCUT2D eigenvalue weighted by atomic mass is 16.5. The molecule has 35 heavy (non-hydrogen) atoms. The van der Waals surface area contributed by atoms with Crippen molar-refractivity contribution in [1.29, 1.82) is 0 Å². The maximum absolute atomic E-state index is 13.0. The van der Waals surface area contributed by atoms with Crippen molar-refractivity contribution in [2.45, 2.75) is 51.9 Å². The lowest BCUT2D eigenvalue weighted by Crippen LogP contribution is -2.40. The van der Waals surface area contributed by atoms with Gasteiger partial charge in [-0.2, -0.15) is 0 Å². The smallest absolute Gasteiger partial charge is 0.338 e. The zero-order valence-electron chi connectivity index (χ0n) is 20.3. The first-order valence-electron chi connectivity index (χ1n) is 13.1. The molecule has 4 aliphatic carbocycles. The fraction of sp³-hybridized carbons (Fsp3) is 0.571. The summed E-state index contributed by atoms with van der Waals surface area (Å²) in [4.78, 5) is 51.7. The molecule has 5 aliphatic rings. The summed E-state index contributed by atoms with van der Waals surface area (Å²) in [6.45, 7) is 2.90. The Bertz CT molecular complexity index is 996. The predicted molar refractivity (Wildman–Crippen MR) is 130 cm³/mol. The maximum atomic E-state index is 13.0. The minimum atomic E-state index is -0.355. The molecule has 1 aromatic rings. The van der Waals surface area contributed by atoms with E-state index in [0.717, 1.165) is 19.3 Å². The first kappa shape index (κ1) is 23.8. The number of esters is 1. The number of amides is 3. The maximum Gasteiger partial charge on any atom is 0.338 e. The van der Waals surface area contributed by atoms with Crippen LogP contribution in [0.1, 0.15) is 62.2 Å². The lowest BCUT2D eigenvalue weighted by Gasteiger charge is -2.37. The van der Waals surface area contributed by atoms with Crippen LogP contribution in [-0.4, -0.2) is 41.7 Å². The standard InChI is InChI=1S/C28H34N2O5/c1-2-3-15-35-28(34)17-8-10-18(11-9-17)29-23(31)7-5-4-6-14-30-26(32)24-19-12-13-20(22-16-21(19)22)25(24)27(30)33/h8-13,19-22,24-25H,2-7,14-16H2,1H3,(H,29,31). The molecule has 1 saturated heterocycles. The first-order valence-corrected chi connectivity index (χ1v) is 13.1. The quantitative estimate of drug-likeness (QED) is 0.223. The fourth-order valence-electron chi connectivity index (χ4n) is 6.28. The second-order valence-electron chi connectivity index (χ2n) is 10.4. The summed E-state index contributed by atoms with van der Waals surface area (Å²) < 4.78 is 5.19. The molecule has 6 atom stereocenters. The molecule has 0 aromatic heterocycles. The Hall–Kier alpha value is -2.96. The van der Waals surface area contributed by atoms with Gasteiger partial charge in [-0.15, -0.1) is 0 Å². The number of allylic oxidation sites excluding steroid dienone is 2. The minimum Gasteiger partial charge on any atom is -0.462 e. The van der Waals surface area contributed by atoms with Gasteiger partial charge < -0.3 is 10.1 Å². The zero-order chi connectivity index (χ0) is 24.5. The monoisotopic (exact) mass is 478 g/mol. The number of unbranched alkanes of at least 4 members (excludes halogenated alkanes) is 3. The highest BCUT2D eigenvalue weighted by molar-refractivity contribution is 6.06. The summed E-state index contributed by atoms with van der Waals surface area (Å²) in [6, 6.07) is 6.70. The second kappa shape index (κ2) is 9.96. The van der Waals surface area contributed by atoms with Gasteiger partial charge in [-0.05, 0) is 73.6 Å². The molecule has 2 bridgehead atoms. The van der Waals surface area contributed by atoms with Gasteiger partial charge in [-0.25, -0.2) is 4.79 Å². The number of benzene rings is 1. The summed E-state index contributed by atoms with van der Waals surface area (Å²) in [5, 5.41) is 2.85. The molecule has 7 nitrogen and oxygen atoms in total. The van der Waals surface area contributed by atoms with Crippen molar-refractivity contribution in [2.24, 2.45) is 35.5 Å². The second-order valence-corrected chi connectivity index (χ2v) is 10.4. The third kappa shape index (κ3) is 4.65. The van der Waals surface area contributed by atoms with E-state index in [4.69, 9.17) is 4.74 Å². The molecular weight excluding hydrogens is 444 g/mol. The molecule has 6 rings (SSSR count). The lowest BCUT2D eigenvalue weighted by molar-refractivity contribution is -0.140. The van der Waals surface area contributed by atoms with E-state index in [1.807, 2.05) is 6.92 Å². The summed E-state index contributed by atoms with van der Waals surface area (Å²) in [5.74, 6) is 1.13. The molecule has 2 saturated carbocycles. The van der Waals surface area contributed by atoms with Crippen molar-refractivity contribution < 1.29 is 23.9 Å². The van der Waals surface area contributed by atoms with Crippen molar-refractivity contribution >= 4 is 29.4 Å².